The number of carbonyl (C=O) groups excluding carboxylic acids is 1. The van der Waals surface area contributed by atoms with Crippen molar-refractivity contribution in [1.29, 1.82) is 0 Å². The minimum atomic E-state index is -0.358. The minimum Gasteiger partial charge on any atom is -0.493 e. The smallest absolute Gasteiger partial charge is 0.348 e. The van der Waals surface area contributed by atoms with E-state index in [1.54, 1.807) is 19.2 Å². The van der Waals surface area contributed by atoms with E-state index >= 15 is 0 Å². The van der Waals surface area contributed by atoms with Crippen LogP contribution in [0, 0.1) is 0 Å². The third-order valence-electron chi connectivity index (χ3n) is 6.40. The molecule has 0 radical (unpaired) electrons. The number of carbonyl (C=O) groups is 1. The van der Waals surface area contributed by atoms with Crippen molar-refractivity contribution in [2.75, 3.05) is 20.7 Å². The molecular formula is C24H28ClNO4S. The summed E-state index contributed by atoms with van der Waals surface area (Å²) in [5.74, 6) is 1.17. The molecule has 0 saturated heterocycles. The van der Waals surface area contributed by atoms with Crippen LogP contribution >= 0.6 is 22.9 Å². The number of thiophene rings is 1. The van der Waals surface area contributed by atoms with E-state index in [2.05, 4.69) is 31.5 Å². The van der Waals surface area contributed by atoms with E-state index < -0.39 is 0 Å². The highest BCUT2D eigenvalue weighted by Gasteiger charge is 2.53. The SMILES string of the molecule is C=C(C)[C@@]12CCN(C)Cc3ccc(OC)c(c31)OC2C[C@H](C)OC(=O)c1ccc(Cl)s1. The standard InChI is InChI=1S/C24H28ClNO4S/c1-14(2)24-10-11-26(4)13-16-6-7-17(28-5)22(21(16)24)30-19(24)12-15(3)29-23(27)18-8-9-20(25)31-18/h6-9,15,19H,1,10-13H2,2-5H3/t15-,19?,24+/m0/s1. The van der Waals surface area contributed by atoms with Gasteiger partial charge in [0.2, 0.25) is 0 Å². The van der Waals surface area contributed by atoms with Crippen LogP contribution in [0.25, 0.3) is 0 Å². The van der Waals surface area contributed by atoms with Gasteiger partial charge in [-0.2, -0.15) is 0 Å². The normalized spacial score (nSPS) is 23.5. The summed E-state index contributed by atoms with van der Waals surface area (Å²) >= 11 is 7.19. The summed E-state index contributed by atoms with van der Waals surface area (Å²) in [5, 5.41) is 0. The van der Waals surface area contributed by atoms with E-state index in [1.807, 2.05) is 13.0 Å². The Hall–Kier alpha value is -2.02. The molecule has 1 aromatic carbocycles. The van der Waals surface area contributed by atoms with Gasteiger partial charge in [0.05, 0.1) is 16.9 Å². The van der Waals surface area contributed by atoms with Crippen LogP contribution in [0.2, 0.25) is 4.34 Å². The Morgan fingerprint density at radius 1 is 1.42 bits per heavy atom. The lowest BCUT2D eigenvalue weighted by molar-refractivity contribution is 0.0185. The van der Waals surface area contributed by atoms with E-state index in [-0.39, 0.29) is 23.6 Å². The number of rotatable bonds is 6. The van der Waals surface area contributed by atoms with Crippen LogP contribution in [-0.4, -0.2) is 43.8 Å². The molecule has 3 heterocycles. The number of halogens is 1. The molecule has 1 aromatic heterocycles. The maximum absolute atomic E-state index is 12.5. The third kappa shape index (κ3) is 3.86. The first-order valence-corrected chi connectivity index (χ1v) is 11.6. The van der Waals surface area contributed by atoms with Gasteiger partial charge < -0.3 is 19.1 Å². The van der Waals surface area contributed by atoms with Gasteiger partial charge in [0.1, 0.15) is 17.1 Å². The maximum Gasteiger partial charge on any atom is 0.348 e. The first kappa shape index (κ1) is 22.2. The van der Waals surface area contributed by atoms with Gasteiger partial charge in [-0.15, -0.1) is 11.3 Å². The Balaban J connectivity index is 1.66. The van der Waals surface area contributed by atoms with Crippen molar-refractivity contribution in [1.82, 2.24) is 4.90 Å². The number of hydrogen-bond acceptors (Lipinski definition) is 6. The summed E-state index contributed by atoms with van der Waals surface area (Å²) in [7, 11) is 3.80. The number of hydrogen-bond donors (Lipinski definition) is 0. The second-order valence-corrected chi connectivity index (χ2v) is 10.2. The molecule has 0 aliphatic carbocycles. The van der Waals surface area contributed by atoms with E-state index in [1.165, 1.54) is 22.5 Å². The molecule has 0 bridgehead atoms. The molecule has 4 rings (SSSR count). The quantitative estimate of drug-likeness (QED) is 0.422. The average molecular weight is 462 g/mol. The lowest BCUT2D eigenvalue weighted by atomic mass is 9.67. The van der Waals surface area contributed by atoms with Crippen molar-refractivity contribution in [3.8, 4) is 11.5 Å². The molecule has 0 N–H and O–H groups in total. The molecule has 1 unspecified atom stereocenters. The molecule has 0 fully saturated rings. The fraction of sp³-hybridized carbons (Fsp3) is 0.458. The predicted octanol–water partition coefficient (Wildman–Crippen LogP) is 5.46. The highest BCUT2D eigenvalue weighted by Crippen LogP contribution is 2.56. The van der Waals surface area contributed by atoms with Gasteiger partial charge in [-0.05, 0) is 57.6 Å². The van der Waals surface area contributed by atoms with Gasteiger partial charge in [0, 0.05) is 18.5 Å². The number of esters is 1. The van der Waals surface area contributed by atoms with Crippen LogP contribution < -0.4 is 9.47 Å². The summed E-state index contributed by atoms with van der Waals surface area (Å²) in [4.78, 5) is 15.4. The fourth-order valence-corrected chi connectivity index (χ4v) is 5.82. The average Bonchev–Trinajstić information content (AvgIpc) is 3.24. The first-order valence-electron chi connectivity index (χ1n) is 10.4. The monoisotopic (exact) mass is 461 g/mol. The van der Waals surface area contributed by atoms with Gasteiger partial charge in [-0.3, -0.25) is 0 Å². The van der Waals surface area contributed by atoms with Crippen LogP contribution in [0.4, 0.5) is 0 Å². The Bertz CT molecular complexity index is 1020. The summed E-state index contributed by atoms with van der Waals surface area (Å²) in [5.41, 5.74) is 3.12. The molecule has 5 nitrogen and oxygen atoms in total. The van der Waals surface area contributed by atoms with Crippen molar-refractivity contribution >= 4 is 28.9 Å². The zero-order chi connectivity index (χ0) is 22.3. The zero-order valence-electron chi connectivity index (χ0n) is 18.4. The van der Waals surface area contributed by atoms with Crippen molar-refractivity contribution in [2.45, 2.75) is 50.9 Å². The number of benzene rings is 1. The summed E-state index contributed by atoms with van der Waals surface area (Å²) < 4.78 is 18.5. The molecule has 2 aromatic rings. The van der Waals surface area contributed by atoms with Gasteiger partial charge in [0.15, 0.2) is 11.5 Å². The molecule has 7 heteroatoms. The highest BCUT2D eigenvalue weighted by molar-refractivity contribution is 7.17. The summed E-state index contributed by atoms with van der Waals surface area (Å²) in [6.07, 6.45) is 0.909. The zero-order valence-corrected chi connectivity index (χ0v) is 19.9. The second-order valence-electron chi connectivity index (χ2n) is 8.53. The Morgan fingerprint density at radius 3 is 2.84 bits per heavy atom. The molecular weight excluding hydrogens is 434 g/mol. The van der Waals surface area contributed by atoms with Gasteiger partial charge in [0.25, 0.3) is 0 Å². The van der Waals surface area contributed by atoms with Crippen LogP contribution in [-0.2, 0) is 16.7 Å². The highest BCUT2D eigenvalue weighted by atomic mass is 35.5. The topological polar surface area (TPSA) is 48.0 Å². The van der Waals surface area contributed by atoms with Crippen LogP contribution in [0.15, 0.2) is 36.4 Å². The van der Waals surface area contributed by atoms with Gasteiger partial charge in [-0.25, -0.2) is 4.79 Å². The lowest BCUT2D eigenvalue weighted by Crippen LogP contribution is -2.42. The molecule has 0 spiro atoms. The molecule has 3 atom stereocenters. The van der Waals surface area contributed by atoms with Gasteiger partial charge >= 0.3 is 5.97 Å². The Labute approximate surface area is 192 Å². The van der Waals surface area contributed by atoms with Gasteiger partial charge in [-0.1, -0.05) is 29.8 Å². The van der Waals surface area contributed by atoms with E-state index in [0.717, 1.165) is 36.6 Å². The van der Waals surface area contributed by atoms with Crippen LogP contribution in [0.3, 0.4) is 0 Å². The van der Waals surface area contributed by atoms with Crippen molar-refractivity contribution in [2.24, 2.45) is 0 Å². The van der Waals surface area contributed by atoms with E-state index in [0.29, 0.717) is 15.6 Å². The minimum absolute atomic E-state index is 0.198. The molecule has 0 amide bonds. The molecule has 166 valence electrons. The fourth-order valence-electron chi connectivity index (χ4n) is 4.90. The van der Waals surface area contributed by atoms with Crippen molar-refractivity contribution in [3.05, 3.63) is 56.8 Å². The van der Waals surface area contributed by atoms with Crippen LogP contribution in [0.5, 0.6) is 11.5 Å². The molecule has 2 aliphatic heterocycles. The van der Waals surface area contributed by atoms with E-state index in [9.17, 15) is 4.79 Å². The second kappa shape index (κ2) is 8.49. The number of nitrogens with zero attached hydrogens (tertiary/aromatic N) is 1. The Kier molecular flexibility index (Phi) is 6.08. The Morgan fingerprint density at radius 2 is 2.19 bits per heavy atom. The van der Waals surface area contributed by atoms with Crippen molar-refractivity contribution < 1.29 is 19.0 Å². The van der Waals surface area contributed by atoms with Crippen LogP contribution in [0.1, 0.15) is 47.5 Å². The number of ether oxygens (including phenoxy) is 3. The molecule has 31 heavy (non-hydrogen) atoms. The first-order chi connectivity index (χ1) is 14.8. The third-order valence-corrected chi connectivity index (χ3v) is 7.61. The number of methoxy groups -OCH3 is 1. The summed E-state index contributed by atoms with van der Waals surface area (Å²) in [6.45, 7) is 10.1. The van der Waals surface area contributed by atoms with Crippen molar-refractivity contribution in [3.63, 3.8) is 0 Å². The largest absolute Gasteiger partial charge is 0.493 e. The predicted molar refractivity (Wildman–Crippen MR) is 124 cm³/mol. The summed E-state index contributed by atoms with van der Waals surface area (Å²) in [6, 6.07) is 7.50. The molecule has 2 aliphatic rings. The lowest BCUT2D eigenvalue weighted by Gasteiger charge is -2.36. The maximum atomic E-state index is 12.5. The molecule has 0 saturated carbocycles. The van der Waals surface area contributed by atoms with E-state index in [4.69, 9.17) is 25.8 Å².